The molecule has 0 nitrogen and oxygen atoms in total. The van der Waals surface area contributed by atoms with Gasteiger partial charge in [-0.25, -0.2) is 0 Å². The van der Waals surface area contributed by atoms with Gasteiger partial charge < -0.3 is 12.4 Å². The fourth-order valence-electron chi connectivity index (χ4n) is 0. The van der Waals surface area contributed by atoms with Gasteiger partial charge in [0, 0.05) is 0 Å². The maximum atomic E-state index is 4.76. The van der Waals surface area contributed by atoms with Crippen LogP contribution in [0, 0.1) is 0 Å². The van der Waals surface area contributed by atoms with Gasteiger partial charge >= 0.3 is 56.6 Å². The van der Waals surface area contributed by atoms with Crippen molar-refractivity contribution in [2.45, 2.75) is 0 Å². The van der Waals surface area contributed by atoms with Crippen LogP contribution in [0.4, 0.5) is 0 Å². The zero-order valence-corrected chi connectivity index (χ0v) is 8.94. The van der Waals surface area contributed by atoms with Crippen LogP contribution in [-0.2, 0) is 17.3 Å². The van der Waals surface area contributed by atoms with Gasteiger partial charge in [0.25, 0.3) is 0 Å². The summed E-state index contributed by atoms with van der Waals surface area (Å²) in [5.74, 6) is 0. The largest absolute Gasteiger partial charge is 1.00 e. The predicted molar refractivity (Wildman–Crippen MR) is 5.85 cm³/mol. The molecule has 0 amide bonds. The molecule has 0 atom stereocenters. The van der Waals surface area contributed by atoms with Gasteiger partial charge in [0.1, 0.15) is 0 Å². The van der Waals surface area contributed by atoms with Crippen molar-refractivity contribution in [3.05, 3.63) is 0 Å². The second kappa shape index (κ2) is 18.9. The van der Waals surface area contributed by atoms with Crippen molar-refractivity contribution >= 4 is 9.69 Å². The fourth-order valence-corrected chi connectivity index (χ4v) is 0. The fraction of sp³-hybridized carbons (Fsp3) is 0. The van der Waals surface area contributed by atoms with Crippen LogP contribution in [0.25, 0.3) is 0 Å². The van der Waals surface area contributed by atoms with E-state index in [1.54, 1.807) is 0 Å². The van der Waals surface area contributed by atoms with E-state index in [4.69, 9.17) is 9.69 Å². The molecule has 0 radical (unpaired) electrons. The Bertz CT molecular complexity index is 6.00. The Labute approximate surface area is 68.1 Å². The Kier molecular flexibility index (Phi) is 77.5. The average Bonchev–Trinajstić information content (AvgIpc) is 1.00. The molecular formula is Cl2NaZn. The van der Waals surface area contributed by atoms with E-state index in [0.717, 1.165) is 17.3 Å². The van der Waals surface area contributed by atoms with Crippen LogP contribution in [-0.4, -0.2) is 0 Å². The zero-order chi connectivity index (χ0) is 2.00. The van der Waals surface area contributed by atoms with Crippen LogP contribution < -0.4 is 42.0 Å². The molecule has 0 rings (SSSR count). The van der Waals surface area contributed by atoms with Crippen molar-refractivity contribution in [2.75, 3.05) is 0 Å². The Balaban J connectivity index is -0.00000000500. The van der Waals surface area contributed by atoms with Crippen molar-refractivity contribution in [1.29, 1.82) is 0 Å². The normalized spacial score (nSPS) is 1.75. The topological polar surface area (TPSA) is 0 Å². The monoisotopic (exact) mass is 157 g/mol. The van der Waals surface area contributed by atoms with Gasteiger partial charge in [0.05, 0.1) is 0 Å². The molecule has 0 unspecified atom stereocenters. The first-order chi connectivity index (χ1) is 1.00. The van der Waals surface area contributed by atoms with Crippen molar-refractivity contribution < 1.29 is 59.3 Å². The first-order valence-corrected chi connectivity index (χ1v) is 4.17. The summed E-state index contributed by atoms with van der Waals surface area (Å²) in [6, 6.07) is 0. The van der Waals surface area contributed by atoms with Crippen molar-refractivity contribution in [1.82, 2.24) is 0 Å². The Hall–Kier alpha value is 2.20. The van der Waals surface area contributed by atoms with E-state index < -0.39 is 0 Å². The maximum absolute atomic E-state index is 4.76. The molecule has 4 heteroatoms. The minimum atomic E-state index is 0. The standard InChI is InChI=1S/2ClH.Na.Zn/h2*1H;;/q;;2*+1/p-2. The number of hydrogen-bond donors (Lipinski definition) is 0. The number of hydrogen-bond acceptors (Lipinski definition) is 0. The molecule has 0 heterocycles. The van der Waals surface area contributed by atoms with Gasteiger partial charge in [-0.05, 0) is 0 Å². The first kappa shape index (κ1) is 16.4. The molecule has 0 aromatic heterocycles. The molecule has 0 N–H and O–H groups in total. The quantitative estimate of drug-likeness (QED) is 0.310. The van der Waals surface area contributed by atoms with Gasteiger partial charge in [0.2, 0.25) is 0 Å². The van der Waals surface area contributed by atoms with Crippen LogP contribution in [0.3, 0.4) is 0 Å². The number of halogens is 2. The summed E-state index contributed by atoms with van der Waals surface area (Å²) in [4.78, 5) is 0. The van der Waals surface area contributed by atoms with Crippen molar-refractivity contribution in [3.8, 4) is 0 Å². The molecule has 0 aromatic rings. The van der Waals surface area contributed by atoms with Gasteiger partial charge in [0.15, 0.2) is 0 Å². The second-order valence-electron chi connectivity index (χ2n) is 0. The molecule has 0 saturated carbocycles. The third kappa shape index (κ3) is 8.88. The summed E-state index contributed by atoms with van der Waals surface area (Å²) in [6.45, 7) is 0. The van der Waals surface area contributed by atoms with Crippen LogP contribution in [0.1, 0.15) is 0 Å². The molecule has 0 bridgehead atoms. The molecule has 0 aromatic carbocycles. The van der Waals surface area contributed by atoms with E-state index in [1.807, 2.05) is 0 Å². The summed E-state index contributed by atoms with van der Waals surface area (Å²) >= 11 is 0.847. The van der Waals surface area contributed by atoms with E-state index >= 15 is 0 Å². The molecule has 0 fully saturated rings. The summed E-state index contributed by atoms with van der Waals surface area (Å²) in [6.07, 6.45) is 0. The molecule has 4 heavy (non-hydrogen) atoms. The van der Waals surface area contributed by atoms with E-state index in [1.165, 1.54) is 0 Å². The second-order valence-corrected chi connectivity index (χ2v) is 0. The van der Waals surface area contributed by atoms with Crippen molar-refractivity contribution in [3.63, 3.8) is 0 Å². The molecule has 17 valence electrons. The molecular weight excluding hydrogens is 159 g/mol. The maximum Gasteiger partial charge on any atom is 1.00 e. The average molecular weight is 159 g/mol. The summed E-state index contributed by atoms with van der Waals surface area (Å²) in [7, 11) is 4.76. The van der Waals surface area contributed by atoms with Crippen LogP contribution in [0.15, 0.2) is 0 Å². The molecule has 0 aliphatic heterocycles. The smallest absolute Gasteiger partial charge is 1.00 e. The van der Waals surface area contributed by atoms with Gasteiger partial charge in [-0.2, -0.15) is 0 Å². The van der Waals surface area contributed by atoms with Gasteiger partial charge in [-0.3, -0.25) is 0 Å². The zero-order valence-electron chi connectivity index (χ0n) is 2.46. The third-order valence-corrected chi connectivity index (χ3v) is 0. The third-order valence-electron chi connectivity index (χ3n) is 0. The molecule has 0 spiro atoms. The minimum absolute atomic E-state index is 0. The predicted octanol–water partition coefficient (Wildman–Crippen LogP) is -5.30. The SMILES string of the molecule is [Cl-].[Cl][Zn].[Na+]. The molecule has 0 saturated heterocycles. The van der Waals surface area contributed by atoms with Gasteiger partial charge in [-0.15, -0.1) is 0 Å². The van der Waals surface area contributed by atoms with E-state index in [-0.39, 0.29) is 42.0 Å². The van der Waals surface area contributed by atoms with Crippen molar-refractivity contribution in [2.24, 2.45) is 0 Å². The first-order valence-electron chi connectivity index (χ1n) is 0.267. The van der Waals surface area contributed by atoms with Gasteiger partial charge in [-0.1, -0.05) is 0 Å². The minimum Gasteiger partial charge on any atom is 1.00 e. The summed E-state index contributed by atoms with van der Waals surface area (Å²) in [5.41, 5.74) is 0. The van der Waals surface area contributed by atoms with E-state index in [2.05, 4.69) is 0 Å². The molecule has 0 aliphatic rings. The number of rotatable bonds is 0. The Morgan fingerprint density at radius 2 is 1.25 bits per heavy atom. The van der Waals surface area contributed by atoms with Crippen LogP contribution >= 0.6 is 9.69 Å². The Morgan fingerprint density at radius 1 is 1.25 bits per heavy atom. The van der Waals surface area contributed by atoms with E-state index in [9.17, 15) is 0 Å². The molecule has 0 aliphatic carbocycles. The summed E-state index contributed by atoms with van der Waals surface area (Å²) in [5, 5.41) is 0. The summed E-state index contributed by atoms with van der Waals surface area (Å²) < 4.78 is 0. The van der Waals surface area contributed by atoms with E-state index in [0.29, 0.717) is 0 Å². The Morgan fingerprint density at radius 3 is 1.25 bits per heavy atom. The van der Waals surface area contributed by atoms with Crippen LogP contribution in [0.5, 0.6) is 0 Å². The van der Waals surface area contributed by atoms with Crippen LogP contribution in [0.2, 0.25) is 0 Å².